The minimum absolute atomic E-state index is 0.0575. The number of nitrogens with zero attached hydrogens (tertiary/aromatic N) is 1. The van der Waals surface area contributed by atoms with Gasteiger partial charge in [-0.15, -0.1) is 0 Å². The van der Waals surface area contributed by atoms with Crippen molar-refractivity contribution in [1.29, 1.82) is 0 Å². The summed E-state index contributed by atoms with van der Waals surface area (Å²) in [7, 11) is 1.12. The number of amides is 3. The average Bonchev–Trinajstić information content (AvgIpc) is 2.67. The highest BCUT2D eigenvalue weighted by molar-refractivity contribution is 5.94. The van der Waals surface area contributed by atoms with E-state index in [0.29, 0.717) is 4.90 Å². The molecule has 0 aliphatic carbocycles. The molecule has 1 aromatic rings. The SMILES string of the molecule is COC(=O)C(C(Cc1ccccc1)NC(=O)OC(C)(C)C)N(C(=O)OC(C)(C)C)C(=O)OC(C)(C)C. The number of hydrogen-bond acceptors (Lipinski definition) is 8. The number of alkyl carbamates (subject to hydrolysis) is 1. The first-order chi connectivity index (χ1) is 16.3. The highest BCUT2D eigenvalue weighted by atomic mass is 16.6. The van der Waals surface area contributed by atoms with E-state index in [1.54, 1.807) is 86.6 Å². The van der Waals surface area contributed by atoms with Crippen molar-refractivity contribution >= 4 is 24.2 Å². The van der Waals surface area contributed by atoms with Crippen molar-refractivity contribution in [3.05, 3.63) is 35.9 Å². The van der Waals surface area contributed by atoms with Crippen molar-refractivity contribution in [2.75, 3.05) is 7.11 Å². The van der Waals surface area contributed by atoms with Crippen molar-refractivity contribution in [1.82, 2.24) is 10.2 Å². The highest BCUT2D eigenvalue weighted by Gasteiger charge is 2.46. The van der Waals surface area contributed by atoms with Crippen LogP contribution < -0.4 is 5.32 Å². The summed E-state index contributed by atoms with van der Waals surface area (Å²) in [6.07, 6.45) is -3.04. The molecule has 10 heteroatoms. The Hall–Kier alpha value is -3.30. The Kier molecular flexibility index (Phi) is 10.3. The van der Waals surface area contributed by atoms with Crippen LogP contribution in [0.25, 0.3) is 0 Å². The lowest BCUT2D eigenvalue weighted by Gasteiger charge is -2.36. The molecule has 3 amide bonds. The molecule has 0 aliphatic rings. The van der Waals surface area contributed by atoms with E-state index in [4.69, 9.17) is 18.9 Å². The summed E-state index contributed by atoms with van der Waals surface area (Å²) < 4.78 is 21.2. The Morgan fingerprint density at radius 3 is 1.61 bits per heavy atom. The Labute approximate surface area is 213 Å². The molecule has 1 aromatic carbocycles. The standard InChI is InChI=1S/C26H40N2O8/c1-24(2,3)34-21(30)27-18(16-17-14-12-11-13-15-17)19(20(29)33-10)28(22(31)35-25(4,5)6)23(32)36-26(7,8)9/h11-15,18-19H,16H2,1-10H3,(H,27,30). The fourth-order valence-electron chi connectivity index (χ4n) is 3.06. The van der Waals surface area contributed by atoms with Gasteiger partial charge in [-0.05, 0) is 74.3 Å². The Morgan fingerprint density at radius 2 is 1.22 bits per heavy atom. The van der Waals surface area contributed by atoms with E-state index in [0.717, 1.165) is 12.7 Å². The maximum atomic E-state index is 13.3. The first-order valence-electron chi connectivity index (χ1n) is 11.7. The van der Waals surface area contributed by atoms with Gasteiger partial charge in [0.05, 0.1) is 13.2 Å². The molecule has 36 heavy (non-hydrogen) atoms. The van der Waals surface area contributed by atoms with Crippen molar-refractivity contribution in [2.24, 2.45) is 0 Å². The molecular formula is C26H40N2O8. The second-order valence-corrected chi connectivity index (χ2v) is 11.2. The normalized spacial score (nSPS) is 13.6. The number of benzene rings is 1. The quantitative estimate of drug-likeness (QED) is 0.428. The zero-order valence-electron chi connectivity index (χ0n) is 23.0. The van der Waals surface area contributed by atoms with Gasteiger partial charge in [-0.2, -0.15) is 4.90 Å². The van der Waals surface area contributed by atoms with Gasteiger partial charge in [-0.25, -0.2) is 19.2 Å². The molecule has 0 aliphatic heterocycles. The van der Waals surface area contributed by atoms with E-state index in [1.165, 1.54) is 0 Å². The first-order valence-corrected chi connectivity index (χ1v) is 11.7. The second kappa shape index (κ2) is 12.1. The molecule has 10 nitrogen and oxygen atoms in total. The first kappa shape index (κ1) is 30.7. The number of ether oxygens (including phenoxy) is 4. The Morgan fingerprint density at radius 1 is 0.778 bits per heavy atom. The van der Waals surface area contributed by atoms with Crippen LogP contribution >= 0.6 is 0 Å². The fraction of sp³-hybridized carbons (Fsp3) is 0.615. The van der Waals surface area contributed by atoms with Crippen LogP contribution in [0.3, 0.4) is 0 Å². The molecule has 0 radical (unpaired) electrons. The zero-order chi connectivity index (χ0) is 27.9. The van der Waals surface area contributed by atoms with Crippen LogP contribution in [0, 0.1) is 0 Å². The van der Waals surface area contributed by atoms with Crippen molar-refractivity contribution in [2.45, 2.75) is 97.6 Å². The molecule has 0 heterocycles. The van der Waals surface area contributed by atoms with Crippen molar-refractivity contribution in [3.8, 4) is 0 Å². The van der Waals surface area contributed by atoms with Crippen molar-refractivity contribution in [3.63, 3.8) is 0 Å². The van der Waals surface area contributed by atoms with Crippen LogP contribution in [-0.2, 0) is 30.2 Å². The minimum atomic E-state index is -1.63. The molecule has 0 saturated carbocycles. The lowest BCUT2D eigenvalue weighted by molar-refractivity contribution is -0.147. The number of nitrogens with one attached hydrogen (secondary N) is 1. The van der Waals surface area contributed by atoms with Gasteiger partial charge in [0.1, 0.15) is 16.8 Å². The molecule has 202 valence electrons. The molecule has 2 unspecified atom stereocenters. The molecule has 1 rings (SSSR count). The van der Waals surface area contributed by atoms with E-state index >= 15 is 0 Å². The molecule has 0 bridgehead atoms. The Bertz CT molecular complexity index is 883. The summed E-state index contributed by atoms with van der Waals surface area (Å²) in [5.74, 6) is -0.955. The summed E-state index contributed by atoms with van der Waals surface area (Å²) >= 11 is 0. The summed E-state index contributed by atoms with van der Waals surface area (Å²) in [5.41, 5.74) is -2.10. The summed E-state index contributed by atoms with van der Waals surface area (Å²) in [6.45, 7) is 14.8. The average molecular weight is 509 g/mol. The summed E-state index contributed by atoms with van der Waals surface area (Å²) in [5, 5.41) is 2.63. The third-order valence-corrected chi connectivity index (χ3v) is 4.28. The minimum Gasteiger partial charge on any atom is -0.467 e. The van der Waals surface area contributed by atoms with E-state index in [9.17, 15) is 19.2 Å². The van der Waals surface area contributed by atoms with Gasteiger partial charge in [0.15, 0.2) is 6.04 Å². The third-order valence-electron chi connectivity index (χ3n) is 4.28. The number of rotatable bonds is 6. The van der Waals surface area contributed by atoms with Crippen molar-refractivity contribution < 1.29 is 38.1 Å². The topological polar surface area (TPSA) is 120 Å². The second-order valence-electron chi connectivity index (χ2n) is 11.2. The monoisotopic (exact) mass is 508 g/mol. The number of esters is 1. The molecule has 0 fully saturated rings. The molecule has 0 spiro atoms. The van der Waals surface area contributed by atoms with E-state index < -0.39 is 53.1 Å². The lowest BCUT2D eigenvalue weighted by Crippen LogP contribution is -2.61. The summed E-state index contributed by atoms with van der Waals surface area (Å²) in [6, 6.07) is 6.17. The van der Waals surface area contributed by atoms with Crippen LogP contribution in [0.1, 0.15) is 67.9 Å². The molecular weight excluding hydrogens is 468 g/mol. The third kappa shape index (κ3) is 11.0. The zero-order valence-corrected chi connectivity index (χ0v) is 23.0. The predicted octanol–water partition coefficient (Wildman–Crippen LogP) is 4.84. The molecule has 0 saturated heterocycles. The van der Waals surface area contributed by atoms with Gasteiger partial charge < -0.3 is 24.3 Å². The maximum Gasteiger partial charge on any atom is 0.420 e. The fourth-order valence-corrected chi connectivity index (χ4v) is 3.06. The van der Waals surface area contributed by atoms with E-state index in [1.807, 2.05) is 6.07 Å². The lowest BCUT2D eigenvalue weighted by atomic mass is 9.98. The highest BCUT2D eigenvalue weighted by Crippen LogP contribution is 2.21. The van der Waals surface area contributed by atoms with Gasteiger partial charge in [0.25, 0.3) is 0 Å². The number of hydrogen-bond donors (Lipinski definition) is 1. The number of carbonyl (C=O) groups excluding carboxylic acids is 4. The van der Waals surface area contributed by atoms with Crippen LogP contribution in [0.2, 0.25) is 0 Å². The molecule has 2 atom stereocenters. The smallest absolute Gasteiger partial charge is 0.420 e. The maximum absolute atomic E-state index is 13.3. The number of carbonyl (C=O) groups is 4. The van der Waals surface area contributed by atoms with Gasteiger partial charge in [-0.1, -0.05) is 30.3 Å². The number of methoxy groups -OCH3 is 1. The van der Waals surface area contributed by atoms with Gasteiger partial charge >= 0.3 is 24.2 Å². The van der Waals surface area contributed by atoms with Crippen LogP contribution in [0.4, 0.5) is 14.4 Å². The van der Waals surface area contributed by atoms with Gasteiger partial charge in [-0.3, -0.25) is 0 Å². The summed E-state index contributed by atoms with van der Waals surface area (Å²) in [4.78, 5) is 53.0. The van der Waals surface area contributed by atoms with Gasteiger partial charge in [0, 0.05) is 0 Å². The number of imide groups is 1. The van der Waals surface area contributed by atoms with Crippen LogP contribution in [-0.4, -0.2) is 65.1 Å². The predicted molar refractivity (Wildman–Crippen MR) is 133 cm³/mol. The largest absolute Gasteiger partial charge is 0.467 e. The molecule has 1 N–H and O–H groups in total. The van der Waals surface area contributed by atoms with E-state index in [-0.39, 0.29) is 6.42 Å². The van der Waals surface area contributed by atoms with Gasteiger partial charge in [0.2, 0.25) is 0 Å². The Balaban J connectivity index is 3.63. The van der Waals surface area contributed by atoms with Crippen LogP contribution in [0.15, 0.2) is 30.3 Å². The van der Waals surface area contributed by atoms with Crippen LogP contribution in [0.5, 0.6) is 0 Å². The molecule has 0 aromatic heterocycles. The van der Waals surface area contributed by atoms with E-state index in [2.05, 4.69) is 5.32 Å².